The van der Waals surface area contributed by atoms with Crippen LogP contribution in [0.4, 0.5) is 4.39 Å². The van der Waals surface area contributed by atoms with E-state index in [1.54, 1.807) is 31.2 Å². The number of aliphatic imine (C=N–C) groups is 1. The minimum Gasteiger partial charge on any atom is -0.493 e. The monoisotopic (exact) mass is 474 g/mol. The van der Waals surface area contributed by atoms with Gasteiger partial charge in [0.05, 0.1) is 33.5 Å². The summed E-state index contributed by atoms with van der Waals surface area (Å²) in [5, 5.41) is 3.83. The van der Waals surface area contributed by atoms with E-state index in [1.807, 2.05) is 6.92 Å². The Morgan fingerprint density at radius 1 is 1.09 bits per heavy atom. The highest BCUT2D eigenvalue weighted by molar-refractivity contribution is 8.13. The number of halogens is 1. The first-order chi connectivity index (χ1) is 15.9. The maximum absolute atomic E-state index is 13.2. The number of hydrogen-bond acceptors (Lipinski definition) is 8. The summed E-state index contributed by atoms with van der Waals surface area (Å²) >= 11 is 1.46. The minimum atomic E-state index is -0.644. The van der Waals surface area contributed by atoms with E-state index in [4.69, 9.17) is 23.9 Å². The molecule has 0 fully saturated rings. The molecule has 1 N–H and O–H groups in total. The highest BCUT2D eigenvalue weighted by Crippen LogP contribution is 2.43. The molecule has 3 rings (SSSR count). The summed E-state index contributed by atoms with van der Waals surface area (Å²) in [5.41, 5.74) is 2.68. The number of amidine groups is 1. The zero-order valence-corrected chi connectivity index (χ0v) is 20.0. The summed E-state index contributed by atoms with van der Waals surface area (Å²) in [5.74, 6) is 1.22. The van der Waals surface area contributed by atoms with Gasteiger partial charge in [-0.05, 0) is 49.2 Å². The maximum Gasteiger partial charge on any atom is 0.338 e. The van der Waals surface area contributed by atoms with Crippen LogP contribution in [-0.2, 0) is 15.3 Å². The highest BCUT2D eigenvalue weighted by atomic mass is 32.2. The van der Waals surface area contributed by atoms with Crippen LogP contribution in [0.3, 0.4) is 0 Å². The van der Waals surface area contributed by atoms with Gasteiger partial charge in [-0.1, -0.05) is 23.9 Å². The van der Waals surface area contributed by atoms with Crippen LogP contribution < -0.4 is 19.5 Å². The van der Waals surface area contributed by atoms with Gasteiger partial charge in [-0.15, -0.1) is 0 Å². The van der Waals surface area contributed by atoms with Crippen molar-refractivity contribution in [2.24, 2.45) is 4.99 Å². The fourth-order valence-electron chi connectivity index (χ4n) is 3.43. The molecule has 0 amide bonds. The van der Waals surface area contributed by atoms with E-state index in [-0.39, 0.29) is 12.4 Å². The first-order valence-corrected chi connectivity index (χ1v) is 11.3. The molecule has 0 aromatic heterocycles. The van der Waals surface area contributed by atoms with Gasteiger partial charge in [0.2, 0.25) is 5.75 Å². The van der Waals surface area contributed by atoms with Gasteiger partial charge >= 0.3 is 5.97 Å². The summed E-state index contributed by atoms with van der Waals surface area (Å²) in [4.78, 5) is 17.6. The third kappa shape index (κ3) is 5.60. The molecule has 0 unspecified atom stereocenters. The van der Waals surface area contributed by atoms with Crippen LogP contribution in [0.1, 0.15) is 31.0 Å². The number of hydrogen-bond donors (Lipinski definition) is 1. The number of carbonyl (C=O) groups excluding carboxylic acids is 1. The molecule has 0 saturated carbocycles. The summed E-state index contributed by atoms with van der Waals surface area (Å²) in [6.07, 6.45) is 0. The second-order valence-electron chi connectivity index (χ2n) is 7.09. The van der Waals surface area contributed by atoms with Gasteiger partial charge in [0.25, 0.3) is 0 Å². The number of rotatable bonds is 8. The normalized spacial score (nSPS) is 15.5. The highest BCUT2D eigenvalue weighted by Gasteiger charge is 2.32. The van der Waals surface area contributed by atoms with Crippen molar-refractivity contribution in [2.45, 2.75) is 25.6 Å². The third-order valence-electron chi connectivity index (χ3n) is 5.01. The van der Waals surface area contributed by atoms with Crippen molar-refractivity contribution < 1.29 is 28.1 Å². The van der Waals surface area contributed by atoms with Crippen molar-refractivity contribution >= 4 is 22.9 Å². The number of thioether (sulfide) groups is 1. The molecule has 7 nitrogen and oxygen atoms in total. The summed E-state index contributed by atoms with van der Waals surface area (Å²) in [7, 11) is 4.59. The fraction of sp³-hybridized carbons (Fsp3) is 0.333. The average molecular weight is 475 g/mol. The first kappa shape index (κ1) is 24.4. The molecule has 1 atom stereocenters. The van der Waals surface area contributed by atoms with Crippen LogP contribution >= 0.6 is 11.8 Å². The summed E-state index contributed by atoms with van der Waals surface area (Å²) < 4.78 is 34.9. The predicted molar refractivity (Wildman–Crippen MR) is 126 cm³/mol. The van der Waals surface area contributed by atoms with Crippen molar-refractivity contribution in [2.75, 3.05) is 27.9 Å². The molecule has 0 spiro atoms. The van der Waals surface area contributed by atoms with Gasteiger partial charge in [-0.25, -0.2) is 14.2 Å². The molecule has 0 bridgehead atoms. The van der Waals surface area contributed by atoms with Crippen LogP contribution in [0.25, 0.3) is 0 Å². The Morgan fingerprint density at radius 2 is 1.73 bits per heavy atom. The Morgan fingerprint density at radius 3 is 2.27 bits per heavy atom. The van der Waals surface area contributed by atoms with Crippen LogP contribution in [0.5, 0.6) is 17.2 Å². The summed E-state index contributed by atoms with van der Waals surface area (Å²) in [6.45, 7) is 3.81. The van der Waals surface area contributed by atoms with Crippen molar-refractivity contribution in [3.8, 4) is 17.2 Å². The maximum atomic E-state index is 13.2. The van der Waals surface area contributed by atoms with E-state index in [0.29, 0.717) is 45.0 Å². The number of nitrogens with one attached hydrogen (secondary N) is 1. The molecule has 33 heavy (non-hydrogen) atoms. The minimum absolute atomic E-state index is 0.244. The molecule has 1 aliphatic heterocycles. The van der Waals surface area contributed by atoms with E-state index in [9.17, 15) is 9.18 Å². The lowest BCUT2D eigenvalue weighted by molar-refractivity contribution is -0.138. The van der Waals surface area contributed by atoms with Gasteiger partial charge in [0.15, 0.2) is 16.7 Å². The molecule has 1 aliphatic rings. The second-order valence-corrected chi connectivity index (χ2v) is 8.06. The third-order valence-corrected chi connectivity index (χ3v) is 5.96. The van der Waals surface area contributed by atoms with E-state index in [2.05, 4.69) is 5.32 Å². The number of allylic oxidation sites excluding steroid dienone is 1. The molecule has 0 aliphatic carbocycles. The number of nitrogens with zero attached hydrogens (tertiary/aromatic N) is 1. The van der Waals surface area contributed by atoms with Gasteiger partial charge in [0.1, 0.15) is 11.9 Å². The molecular weight excluding hydrogens is 447 g/mol. The second kappa shape index (κ2) is 11.1. The zero-order valence-electron chi connectivity index (χ0n) is 19.2. The first-order valence-electron chi connectivity index (χ1n) is 10.3. The Labute approximate surface area is 197 Å². The van der Waals surface area contributed by atoms with E-state index >= 15 is 0 Å². The average Bonchev–Trinajstić information content (AvgIpc) is 2.82. The summed E-state index contributed by atoms with van der Waals surface area (Å²) in [6, 6.07) is 9.22. The Kier molecular flexibility index (Phi) is 8.21. The van der Waals surface area contributed by atoms with Gasteiger partial charge in [-0.2, -0.15) is 0 Å². The Bertz CT molecular complexity index is 1040. The molecule has 1 heterocycles. The van der Waals surface area contributed by atoms with Gasteiger partial charge < -0.3 is 24.3 Å². The Hall–Kier alpha value is -3.20. The van der Waals surface area contributed by atoms with Crippen LogP contribution in [0.2, 0.25) is 0 Å². The SMILES string of the molecule is CCOC(=O)C1=C(C)NC(SCc2ccc(F)cc2)=N[C@@H]1c1cc(OC)c(OC)c(OC)c1. The molecular formula is C24H27FN2O5S. The predicted octanol–water partition coefficient (Wildman–Crippen LogP) is 4.62. The lowest BCUT2D eigenvalue weighted by Crippen LogP contribution is -2.30. The lowest BCUT2D eigenvalue weighted by Gasteiger charge is -2.26. The van der Waals surface area contributed by atoms with Crippen molar-refractivity contribution in [1.82, 2.24) is 5.32 Å². The van der Waals surface area contributed by atoms with Crippen molar-refractivity contribution in [3.05, 3.63) is 64.6 Å². The van der Waals surface area contributed by atoms with Crippen LogP contribution in [-0.4, -0.2) is 39.1 Å². The van der Waals surface area contributed by atoms with E-state index in [0.717, 1.165) is 5.56 Å². The molecule has 2 aromatic carbocycles. The van der Waals surface area contributed by atoms with Crippen LogP contribution in [0.15, 0.2) is 52.7 Å². The number of benzene rings is 2. The number of carbonyl (C=O) groups is 1. The molecule has 0 radical (unpaired) electrons. The lowest BCUT2D eigenvalue weighted by atomic mass is 9.96. The smallest absolute Gasteiger partial charge is 0.338 e. The molecule has 2 aromatic rings. The standard InChI is InChI=1S/C24H27FN2O5S/c1-6-32-23(28)20-14(2)26-24(33-13-15-7-9-17(25)10-8-15)27-21(20)16-11-18(29-3)22(31-5)19(12-16)30-4/h7-12,21H,6,13H2,1-5H3,(H,26,27)/t21-/m1/s1. The number of esters is 1. The Balaban J connectivity index is 2.01. The number of ether oxygens (including phenoxy) is 4. The largest absolute Gasteiger partial charge is 0.493 e. The van der Waals surface area contributed by atoms with Crippen LogP contribution in [0, 0.1) is 5.82 Å². The topological polar surface area (TPSA) is 78.4 Å². The zero-order chi connectivity index (χ0) is 24.0. The quantitative estimate of drug-likeness (QED) is 0.559. The van der Waals surface area contributed by atoms with E-state index < -0.39 is 12.0 Å². The molecule has 9 heteroatoms. The molecule has 0 saturated heterocycles. The van der Waals surface area contributed by atoms with Crippen molar-refractivity contribution in [1.29, 1.82) is 0 Å². The number of methoxy groups -OCH3 is 3. The van der Waals surface area contributed by atoms with Crippen molar-refractivity contribution in [3.63, 3.8) is 0 Å². The fourth-order valence-corrected chi connectivity index (χ4v) is 4.33. The molecule has 176 valence electrons. The van der Waals surface area contributed by atoms with Gasteiger partial charge in [-0.3, -0.25) is 0 Å². The van der Waals surface area contributed by atoms with E-state index in [1.165, 1.54) is 45.2 Å². The van der Waals surface area contributed by atoms with Gasteiger partial charge in [0, 0.05) is 11.4 Å².